The van der Waals surface area contributed by atoms with Crippen LogP contribution in [0.5, 0.6) is 0 Å². The van der Waals surface area contributed by atoms with Gasteiger partial charge in [-0.15, -0.1) is 0 Å². The lowest BCUT2D eigenvalue weighted by Crippen LogP contribution is -2.38. The van der Waals surface area contributed by atoms with E-state index in [0.29, 0.717) is 32.7 Å². The molecular weight excluding hydrogens is 290 g/mol. The Morgan fingerprint density at radius 3 is 2.00 bits per heavy atom. The van der Waals surface area contributed by atoms with Crippen molar-refractivity contribution in [3.8, 4) is 0 Å². The van der Waals surface area contributed by atoms with Crippen molar-refractivity contribution in [1.82, 2.24) is 9.80 Å². The molecule has 0 saturated carbocycles. The third-order valence-electron chi connectivity index (χ3n) is 3.93. The molecule has 0 heterocycles. The summed E-state index contributed by atoms with van der Waals surface area (Å²) in [4.78, 5) is 27.9. The van der Waals surface area contributed by atoms with E-state index in [1.165, 1.54) is 5.56 Å². The normalized spacial score (nSPS) is 10.4. The van der Waals surface area contributed by atoms with E-state index >= 15 is 0 Å². The largest absolute Gasteiger partial charge is 0.343 e. The fourth-order valence-corrected chi connectivity index (χ4v) is 2.53. The molecule has 0 aliphatic carbocycles. The molecule has 1 aromatic rings. The van der Waals surface area contributed by atoms with E-state index in [9.17, 15) is 9.59 Å². The highest BCUT2D eigenvalue weighted by molar-refractivity contribution is 5.83. The second-order valence-electron chi connectivity index (χ2n) is 5.47. The summed E-state index contributed by atoms with van der Waals surface area (Å²) in [7, 11) is 0. The predicted molar refractivity (Wildman–Crippen MR) is 92.9 cm³/mol. The highest BCUT2D eigenvalue weighted by Crippen LogP contribution is 2.05. The third kappa shape index (κ3) is 6.82. The van der Waals surface area contributed by atoms with Crippen molar-refractivity contribution in [2.75, 3.05) is 32.7 Å². The molecule has 0 spiro atoms. The Balaban J connectivity index is 2.49. The topological polar surface area (TPSA) is 66.6 Å². The van der Waals surface area contributed by atoms with Crippen molar-refractivity contribution in [2.45, 2.75) is 33.1 Å². The zero-order valence-electron chi connectivity index (χ0n) is 14.3. The number of amides is 2. The minimum absolute atomic E-state index is 0.00638. The zero-order valence-corrected chi connectivity index (χ0v) is 14.3. The van der Waals surface area contributed by atoms with Crippen molar-refractivity contribution in [3.05, 3.63) is 35.9 Å². The van der Waals surface area contributed by atoms with Crippen LogP contribution in [-0.2, 0) is 16.0 Å². The van der Waals surface area contributed by atoms with Gasteiger partial charge in [-0.3, -0.25) is 9.59 Å². The molecule has 2 amide bonds. The van der Waals surface area contributed by atoms with Crippen LogP contribution in [0.1, 0.15) is 32.3 Å². The molecule has 0 fully saturated rings. The first-order valence-corrected chi connectivity index (χ1v) is 8.41. The van der Waals surface area contributed by atoms with Crippen molar-refractivity contribution in [3.63, 3.8) is 0 Å². The van der Waals surface area contributed by atoms with E-state index in [-0.39, 0.29) is 24.7 Å². The van der Waals surface area contributed by atoms with Gasteiger partial charge in [-0.2, -0.15) is 0 Å². The van der Waals surface area contributed by atoms with Gasteiger partial charge in [-0.25, -0.2) is 0 Å². The van der Waals surface area contributed by atoms with Gasteiger partial charge in [0.2, 0.25) is 11.8 Å². The standard InChI is InChI=1S/C18H29N3O2/c1-3-20(4-2)17(22)10-11-18(23)21(15-13-19)14-12-16-8-6-5-7-9-16/h5-9H,3-4,10-15,19H2,1-2H3. The number of rotatable bonds is 10. The molecule has 0 aliphatic heterocycles. The lowest BCUT2D eigenvalue weighted by Gasteiger charge is -2.23. The number of hydrogen-bond donors (Lipinski definition) is 1. The maximum absolute atomic E-state index is 12.4. The molecule has 0 aliphatic rings. The molecule has 23 heavy (non-hydrogen) atoms. The lowest BCUT2D eigenvalue weighted by molar-refractivity contribution is -0.136. The quantitative estimate of drug-likeness (QED) is 0.713. The first-order valence-electron chi connectivity index (χ1n) is 8.41. The lowest BCUT2D eigenvalue weighted by atomic mass is 10.1. The molecule has 0 atom stereocenters. The van der Waals surface area contributed by atoms with E-state index in [1.807, 2.05) is 32.0 Å². The van der Waals surface area contributed by atoms with E-state index in [4.69, 9.17) is 5.73 Å². The second-order valence-corrected chi connectivity index (χ2v) is 5.47. The molecule has 0 unspecified atom stereocenters. The van der Waals surface area contributed by atoms with Crippen LogP contribution in [0.3, 0.4) is 0 Å². The van der Waals surface area contributed by atoms with Gasteiger partial charge in [0, 0.05) is 45.6 Å². The summed E-state index contributed by atoms with van der Waals surface area (Å²) in [5.41, 5.74) is 6.81. The Morgan fingerprint density at radius 1 is 0.913 bits per heavy atom. The van der Waals surface area contributed by atoms with Crippen LogP contribution in [0.4, 0.5) is 0 Å². The van der Waals surface area contributed by atoms with Gasteiger partial charge in [-0.1, -0.05) is 30.3 Å². The number of benzene rings is 1. The van der Waals surface area contributed by atoms with E-state index in [1.54, 1.807) is 9.80 Å². The van der Waals surface area contributed by atoms with E-state index in [2.05, 4.69) is 12.1 Å². The molecule has 1 rings (SSSR count). The molecule has 0 saturated heterocycles. The first kappa shape index (κ1) is 19.2. The SMILES string of the molecule is CCN(CC)C(=O)CCC(=O)N(CCN)CCc1ccccc1. The molecule has 5 heteroatoms. The molecular formula is C18H29N3O2. The summed E-state index contributed by atoms with van der Waals surface area (Å²) >= 11 is 0. The van der Waals surface area contributed by atoms with Crippen LogP contribution in [0, 0.1) is 0 Å². The van der Waals surface area contributed by atoms with Crippen molar-refractivity contribution in [2.24, 2.45) is 5.73 Å². The average Bonchev–Trinajstić information content (AvgIpc) is 2.58. The number of nitrogens with two attached hydrogens (primary N) is 1. The Labute approximate surface area is 139 Å². The maximum Gasteiger partial charge on any atom is 0.223 e. The predicted octanol–water partition coefficient (Wildman–Crippen LogP) is 1.67. The van der Waals surface area contributed by atoms with Crippen LogP contribution in [0.25, 0.3) is 0 Å². The number of nitrogens with zero attached hydrogens (tertiary/aromatic N) is 2. The van der Waals surface area contributed by atoms with Crippen LogP contribution in [0.15, 0.2) is 30.3 Å². The van der Waals surface area contributed by atoms with Crippen molar-refractivity contribution >= 4 is 11.8 Å². The first-order chi connectivity index (χ1) is 11.1. The summed E-state index contributed by atoms with van der Waals surface area (Å²) in [6, 6.07) is 10.1. The van der Waals surface area contributed by atoms with Crippen molar-refractivity contribution in [1.29, 1.82) is 0 Å². The minimum atomic E-state index is 0.00638. The van der Waals surface area contributed by atoms with Gasteiger partial charge < -0.3 is 15.5 Å². The van der Waals surface area contributed by atoms with Crippen LogP contribution in [-0.4, -0.2) is 54.3 Å². The third-order valence-corrected chi connectivity index (χ3v) is 3.93. The minimum Gasteiger partial charge on any atom is -0.343 e. The number of hydrogen-bond acceptors (Lipinski definition) is 3. The highest BCUT2D eigenvalue weighted by Gasteiger charge is 2.16. The average molecular weight is 319 g/mol. The monoisotopic (exact) mass is 319 g/mol. The van der Waals surface area contributed by atoms with Gasteiger partial charge in [0.15, 0.2) is 0 Å². The fraction of sp³-hybridized carbons (Fsp3) is 0.556. The van der Waals surface area contributed by atoms with Crippen LogP contribution >= 0.6 is 0 Å². The molecule has 2 N–H and O–H groups in total. The van der Waals surface area contributed by atoms with E-state index in [0.717, 1.165) is 6.42 Å². The summed E-state index contributed by atoms with van der Waals surface area (Å²) in [5.74, 6) is 0.0472. The maximum atomic E-state index is 12.4. The molecule has 5 nitrogen and oxygen atoms in total. The molecule has 0 aromatic heterocycles. The van der Waals surface area contributed by atoms with Crippen LogP contribution < -0.4 is 5.73 Å². The van der Waals surface area contributed by atoms with Crippen LogP contribution in [0.2, 0.25) is 0 Å². The van der Waals surface area contributed by atoms with Gasteiger partial charge in [0.1, 0.15) is 0 Å². The summed E-state index contributed by atoms with van der Waals surface area (Å²) in [6.07, 6.45) is 1.33. The summed E-state index contributed by atoms with van der Waals surface area (Å²) < 4.78 is 0. The summed E-state index contributed by atoms with van der Waals surface area (Å²) in [5, 5.41) is 0. The fourth-order valence-electron chi connectivity index (χ4n) is 2.53. The number of carbonyl (C=O) groups excluding carboxylic acids is 2. The highest BCUT2D eigenvalue weighted by atomic mass is 16.2. The Kier molecular flexibility index (Phi) is 8.98. The Morgan fingerprint density at radius 2 is 1.48 bits per heavy atom. The number of carbonyl (C=O) groups is 2. The molecule has 1 aromatic carbocycles. The molecule has 128 valence electrons. The van der Waals surface area contributed by atoms with E-state index < -0.39 is 0 Å². The van der Waals surface area contributed by atoms with Crippen molar-refractivity contribution < 1.29 is 9.59 Å². The van der Waals surface area contributed by atoms with Gasteiger partial charge in [0.25, 0.3) is 0 Å². The Hall–Kier alpha value is -1.88. The molecule has 0 bridgehead atoms. The van der Waals surface area contributed by atoms with Gasteiger partial charge in [-0.05, 0) is 25.8 Å². The smallest absolute Gasteiger partial charge is 0.223 e. The Bertz CT molecular complexity index is 472. The van der Waals surface area contributed by atoms with Gasteiger partial charge in [0.05, 0.1) is 0 Å². The second kappa shape index (κ2) is 10.8. The van der Waals surface area contributed by atoms with Gasteiger partial charge >= 0.3 is 0 Å². The zero-order chi connectivity index (χ0) is 17.1. The summed E-state index contributed by atoms with van der Waals surface area (Å²) in [6.45, 7) is 6.87. The molecule has 0 radical (unpaired) electrons.